The van der Waals surface area contributed by atoms with Crippen LogP contribution in [0.3, 0.4) is 0 Å². The van der Waals surface area contributed by atoms with Gasteiger partial charge >= 0.3 is 7.60 Å². The molecular weight excluding hydrogens is 457 g/mol. The Morgan fingerprint density at radius 1 is 1.00 bits per heavy atom. The molecule has 34 heavy (non-hydrogen) atoms. The highest BCUT2D eigenvalue weighted by Crippen LogP contribution is 2.51. The maximum Gasteiger partial charge on any atom is 0.335 e. The number of hydrogen-bond acceptors (Lipinski definition) is 7. The molecule has 0 atom stereocenters. The van der Waals surface area contributed by atoms with Crippen molar-refractivity contribution in [1.29, 1.82) is 0 Å². The number of pyridine rings is 1. The zero-order valence-corrected chi connectivity index (χ0v) is 20.6. The molecule has 0 saturated heterocycles. The number of ether oxygens (including phenoxy) is 2. The number of hydrogen-bond donors (Lipinski definition) is 0. The Kier molecular flexibility index (Phi) is 7.07. The van der Waals surface area contributed by atoms with Crippen molar-refractivity contribution in [2.45, 2.75) is 26.6 Å². The highest BCUT2D eigenvalue weighted by molar-refractivity contribution is 7.53. The van der Waals surface area contributed by atoms with E-state index >= 15 is 0 Å². The lowest BCUT2D eigenvalue weighted by Gasteiger charge is -2.17. The van der Waals surface area contributed by atoms with Gasteiger partial charge < -0.3 is 28.3 Å². The average Bonchev–Trinajstić information content (AvgIpc) is 3.22. The Morgan fingerprint density at radius 2 is 1.62 bits per heavy atom. The second kappa shape index (κ2) is 10.0. The minimum atomic E-state index is -3.16. The predicted octanol–water partition coefficient (Wildman–Crippen LogP) is 4.65. The van der Waals surface area contributed by atoms with Crippen LogP contribution >= 0.6 is 7.60 Å². The van der Waals surface area contributed by atoms with E-state index in [0.29, 0.717) is 47.7 Å². The molecule has 4 rings (SSSR count). The van der Waals surface area contributed by atoms with Gasteiger partial charge in [-0.1, -0.05) is 24.3 Å². The second-order valence-corrected chi connectivity index (χ2v) is 9.76. The zero-order chi connectivity index (χ0) is 24.3. The molecule has 9 nitrogen and oxygen atoms in total. The van der Waals surface area contributed by atoms with E-state index in [1.54, 1.807) is 39.4 Å². The minimum absolute atomic E-state index is 0.221. The molecule has 0 aliphatic carbocycles. The summed E-state index contributed by atoms with van der Waals surface area (Å²) < 4.78 is 37.2. The molecule has 0 saturated carbocycles. The highest BCUT2D eigenvalue weighted by atomic mass is 31.2. The number of imidazole rings is 1. The van der Waals surface area contributed by atoms with Gasteiger partial charge in [-0.05, 0) is 25.0 Å². The average molecular weight is 485 g/mol. The molecule has 2 aromatic heterocycles. The molecule has 0 bridgehead atoms. The third-order valence-electron chi connectivity index (χ3n) is 5.50. The summed E-state index contributed by atoms with van der Waals surface area (Å²) >= 11 is 0. The van der Waals surface area contributed by atoms with E-state index in [0.717, 1.165) is 21.4 Å². The number of nitrogens with zero attached hydrogens (tertiary/aromatic N) is 3. The molecule has 2 aromatic carbocycles. The third kappa shape index (κ3) is 4.73. The van der Waals surface area contributed by atoms with E-state index in [-0.39, 0.29) is 6.16 Å². The summed E-state index contributed by atoms with van der Waals surface area (Å²) in [5.41, 5.74) is 3.77. The Morgan fingerprint density at radius 3 is 2.24 bits per heavy atom. The van der Waals surface area contributed by atoms with Crippen molar-refractivity contribution in [1.82, 2.24) is 9.55 Å². The van der Waals surface area contributed by atoms with E-state index in [1.165, 1.54) is 13.3 Å². The first-order valence-electron chi connectivity index (χ1n) is 11.0. The molecule has 0 amide bonds. The SMILES string of the molecule is CCOP(=O)(Cc1ccc(Cn2cnc3c[n+]([O-])c4cc(OC)c(OC)cc4c32)cc1)OCC. The van der Waals surface area contributed by atoms with Crippen LogP contribution < -0.4 is 14.2 Å². The summed E-state index contributed by atoms with van der Waals surface area (Å²) in [6.07, 6.45) is 3.40. The largest absolute Gasteiger partial charge is 0.618 e. The molecule has 0 unspecified atom stereocenters. The fourth-order valence-electron chi connectivity index (χ4n) is 4.02. The number of aromatic nitrogens is 3. The highest BCUT2D eigenvalue weighted by Gasteiger charge is 2.24. The topological polar surface area (TPSA) is 98.8 Å². The Hall–Kier alpha value is -3.13. The molecule has 0 spiro atoms. The Bertz CT molecular complexity index is 1340. The normalized spacial score (nSPS) is 11.9. The number of methoxy groups -OCH3 is 2. The summed E-state index contributed by atoms with van der Waals surface area (Å²) in [5.74, 6) is 1.02. The summed E-state index contributed by atoms with van der Waals surface area (Å²) in [6, 6.07) is 11.3. The monoisotopic (exact) mass is 485 g/mol. The summed E-state index contributed by atoms with van der Waals surface area (Å²) in [5, 5.41) is 13.3. The van der Waals surface area contributed by atoms with Gasteiger partial charge in [0.15, 0.2) is 17.0 Å². The molecule has 0 aliphatic heterocycles. The van der Waals surface area contributed by atoms with Crippen molar-refractivity contribution in [2.24, 2.45) is 0 Å². The Labute approximate surface area is 198 Å². The van der Waals surface area contributed by atoms with Crippen molar-refractivity contribution in [3.8, 4) is 11.5 Å². The Balaban J connectivity index is 1.67. The molecule has 0 N–H and O–H groups in total. The van der Waals surface area contributed by atoms with Gasteiger partial charge in [0.2, 0.25) is 11.7 Å². The van der Waals surface area contributed by atoms with Crippen LogP contribution in [0.4, 0.5) is 0 Å². The van der Waals surface area contributed by atoms with Crippen LogP contribution in [0.1, 0.15) is 25.0 Å². The van der Waals surface area contributed by atoms with E-state index in [9.17, 15) is 9.77 Å². The summed E-state index contributed by atoms with van der Waals surface area (Å²) in [4.78, 5) is 4.43. The summed E-state index contributed by atoms with van der Waals surface area (Å²) in [7, 11) is -0.0676. The molecular formula is C24H28N3O6P. The van der Waals surface area contributed by atoms with Gasteiger partial charge in [0.05, 0.1) is 56.9 Å². The lowest BCUT2D eigenvalue weighted by atomic mass is 10.1. The van der Waals surface area contributed by atoms with Gasteiger partial charge in [-0.2, -0.15) is 4.73 Å². The quantitative estimate of drug-likeness (QED) is 0.183. The first-order valence-corrected chi connectivity index (χ1v) is 12.7. The smallest absolute Gasteiger partial charge is 0.335 e. The number of fused-ring (bicyclic) bond motifs is 3. The zero-order valence-electron chi connectivity index (χ0n) is 19.7. The molecule has 10 heteroatoms. The minimum Gasteiger partial charge on any atom is -0.618 e. The standard InChI is InChI=1S/C24H28N3O6P/c1-5-32-34(29,33-6-2)15-18-9-7-17(8-10-18)13-26-16-25-20-14-27(28)21-12-23(31-4)22(30-3)11-19(21)24(20)26/h7-12,14,16H,5-6,13,15H2,1-4H3. The predicted molar refractivity (Wildman–Crippen MR) is 129 cm³/mol. The van der Waals surface area contributed by atoms with Crippen LogP contribution in [-0.4, -0.2) is 37.0 Å². The van der Waals surface area contributed by atoms with Gasteiger partial charge in [-0.15, -0.1) is 0 Å². The number of benzene rings is 2. The van der Waals surface area contributed by atoms with Gasteiger partial charge in [-0.25, -0.2) is 4.98 Å². The molecule has 4 aromatic rings. The van der Waals surface area contributed by atoms with Crippen LogP contribution in [0.25, 0.3) is 21.9 Å². The molecule has 0 aliphatic rings. The molecule has 0 fully saturated rings. The van der Waals surface area contributed by atoms with Crippen molar-refractivity contribution in [3.05, 3.63) is 65.3 Å². The first kappa shape index (κ1) is 24.0. The summed E-state index contributed by atoms with van der Waals surface area (Å²) in [6.45, 7) is 4.80. The van der Waals surface area contributed by atoms with Crippen molar-refractivity contribution < 1.29 is 27.8 Å². The fraction of sp³-hybridized carbons (Fsp3) is 0.333. The van der Waals surface area contributed by atoms with Crippen LogP contribution in [0, 0.1) is 5.21 Å². The van der Waals surface area contributed by atoms with Gasteiger partial charge in [0, 0.05) is 12.6 Å². The molecule has 2 heterocycles. The van der Waals surface area contributed by atoms with Crippen LogP contribution in [0.2, 0.25) is 0 Å². The van der Waals surface area contributed by atoms with Crippen molar-refractivity contribution in [3.63, 3.8) is 0 Å². The fourth-order valence-corrected chi connectivity index (χ4v) is 5.72. The maximum absolute atomic E-state index is 12.8. The van der Waals surface area contributed by atoms with Gasteiger partial charge in [-0.3, -0.25) is 4.57 Å². The second-order valence-electron chi connectivity index (χ2n) is 7.71. The van der Waals surface area contributed by atoms with E-state index in [2.05, 4.69) is 4.98 Å². The first-order chi connectivity index (χ1) is 16.4. The lowest BCUT2D eigenvalue weighted by Crippen LogP contribution is -2.26. The van der Waals surface area contributed by atoms with Crippen LogP contribution in [0.5, 0.6) is 11.5 Å². The van der Waals surface area contributed by atoms with Crippen molar-refractivity contribution >= 4 is 29.5 Å². The number of rotatable bonds is 10. The van der Waals surface area contributed by atoms with E-state index < -0.39 is 7.60 Å². The van der Waals surface area contributed by atoms with Crippen molar-refractivity contribution in [2.75, 3.05) is 27.4 Å². The van der Waals surface area contributed by atoms with Gasteiger partial charge in [0.25, 0.3) is 0 Å². The van der Waals surface area contributed by atoms with E-state index in [1.807, 2.05) is 28.8 Å². The van der Waals surface area contributed by atoms with Crippen LogP contribution in [0.15, 0.2) is 48.9 Å². The maximum atomic E-state index is 12.8. The third-order valence-corrected chi connectivity index (χ3v) is 7.56. The van der Waals surface area contributed by atoms with Crippen LogP contribution in [-0.2, 0) is 26.3 Å². The lowest BCUT2D eigenvalue weighted by molar-refractivity contribution is -0.575. The van der Waals surface area contributed by atoms with E-state index in [4.69, 9.17) is 18.5 Å². The van der Waals surface area contributed by atoms with Gasteiger partial charge in [0.1, 0.15) is 0 Å². The molecule has 0 radical (unpaired) electrons. The molecule has 180 valence electrons.